The minimum Gasteiger partial charge on any atom is -0.494 e. The monoisotopic (exact) mass is 343 g/mol. The van der Waals surface area contributed by atoms with E-state index >= 15 is 0 Å². The number of aliphatic hydroxyl groups is 1. The van der Waals surface area contributed by atoms with Gasteiger partial charge in [-0.05, 0) is 50.9 Å². The lowest BCUT2D eigenvalue weighted by molar-refractivity contribution is 0.0990. The number of rotatable bonds is 6. The molecule has 136 valence electrons. The number of aryl methyl sites for hydroxylation is 1. The van der Waals surface area contributed by atoms with Gasteiger partial charge in [0.25, 0.3) is 0 Å². The highest BCUT2D eigenvalue weighted by Crippen LogP contribution is 2.29. The normalized spacial score (nSPS) is 17.6. The Bertz CT molecular complexity index is 711. The molecule has 0 saturated carbocycles. The average molecular weight is 343 g/mol. The number of para-hydroxylation sites is 1. The Morgan fingerprint density at radius 3 is 2.84 bits per heavy atom. The van der Waals surface area contributed by atoms with E-state index in [1.807, 2.05) is 31.2 Å². The molecule has 1 fully saturated rings. The van der Waals surface area contributed by atoms with Crippen molar-refractivity contribution in [1.29, 1.82) is 0 Å². The Hall–Kier alpha value is -1.85. The van der Waals surface area contributed by atoms with Gasteiger partial charge in [0.15, 0.2) is 0 Å². The number of piperidine rings is 1. The largest absolute Gasteiger partial charge is 0.494 e. The van der Waals surface area contributed by atoms with Gasteiger partial charge in [0.2, 0.25) is 0 Å². The maximum Gasteiger partial charge on any atom is 0.145 e. The van der Waals surface area contributed by atoms with Crippen LogP contribution in [-0.4, -0.2) is 54.4 Å². The molecule has 5 heteroatoms. The second kappa shape index (κ2) is 8.02. The van der Waals surface area contributed by atoms with E-state index in [4.69, 9.17) is 4.74 Å². The lowest BCUT2D eigenvalue weighted by atomic mass is 9.99. The predicted molar refractivity (Wildman–Crippen MR) is 102 cm³/mol. The molecular weight excluding hydrogens is 314 g/mol. The van der Waals surface area contributed by atoms with Crippen LogP contribution in [0.2, 0.25) is 0 Å². The van der Waals surface area contributed by atoms with Crippen molar-refractivity contribution in [2.24, 2.45) is 5.92 Å². The third-order valence-corrected chi connectivity index (χ3v) is 5.02. The summed E-state index contributed by atoms with van der Waals surface area (Å²) in [6, 6.07) is 7.95. The smallest absolute Gasteiger partial charge is 0.145 e. The number of likely N-dealkylation sites (tertiary alicyclic amines) is 1. The van der Waals surface area contributed by atoms with Crippen LogP contribution in [0.15, 0.2) is 24.3 Å². The molecule has 2 aromatic rings. The maximum atomic E-state index is 10.4. The van der Waals surface area contributed by atoms with Gasteiger partial charge in [-0.3, -0.25) is 0 Å². The van der Waals surface area contributed by atoms with Crippen LogP contribution < -0.4 is 10.1 Å². The van der Waals surface area contributed by atoms with Crippen LogP contribution >= 0.6 is 0 Å². The van der Waals surface area contributed by atoms with E-state index in [0.717, 1.165) is 53.6 Å². The third kappa shape index (κ3) is 4.41. The molecule has 1 aromatic heterocycles. The summed E-state index contributed by atoms with van der Waals surface area (Å²) in [5.41, 5.74) is 2.78. The van der Waals surface area contributed by atoms with Gasteiger partial charge in [-0.2, -0.15) is 0 Å². The molecule has 25 heavy (non-hydrogen) atoms. The van der Waals surface area contributed by atoms with Crippen molar-refractivity contribution in [1.82, 2.24) is 9.88 Å². The second-order valence-corrected chi connectivity index (χ2v) is 7.19. The molecule has 1 aliphatic heterocycles. The van der Waals surface area contributed by atoms with Gasteiger partial charge in [-0.15, -0.1) is 0 Å². The summed E-state index contributed by atoms with van der Waals surface area (Å²) in [6.45, 7) is 7.72. The summed E-state index contributed by atoms with van der Waals surface area (Å²) in [5, 5.41) is 14.8. The van der Waals surface area contributed by atoms with Crippen LogP contribution in [0.3, 0.4) is 0 Å². The van der Waals surface area contributed by atoms with Gasteiger partial charge in [0, 0.05) is 29.9 Å². The second-order valence-electron chi connectivity index (χ2n) is 7.19. The van der Waals surface area contributed by atoms with E-state index in [1.54, 1.807) is 7.11 Å². The van der Waals surface area contributed by atoms with E-state index < -0.39 is 0 Å². The molecular formula is C20H29N3O2. The first-order chi connectivity index (χ1) is 12.1. The zero-order valence-corrected chi connectivity index (χ0v) is 15.5. The first-order valence-corrected chi connectivity index (χ1v) is 9.15. The Morgan fingerprint density at radius 2 is 2.12 bits per heavy atom. The molecule has 5 nitrogen and oxygen atoms in total. The summed E-state index contributed by atoms with van der Waals surface area (Å²) < 4.78 is 5.43. The molecule has 0 bridgehead atoms. The first-order valence-electron chi connectivity index (χ1n) is 9.15. The molecule has 0 radical (unpaired) electrons. The summed E-state index contributed by atoms with van der Waals surface area (Å²) in [4.78, 5) is 6.97. The van der Waals surface area contributed by atoms with E-state index in [1.165, 1.54) is 12.8 Å². The zero-order valence-electron chi connectivity index (χ0n) is 15.5. The summed E-state index contributed by atoms with van der Waals surface area (Å²) in [5.74, 6) is 1.58. The lowest BCUT2D eigenvalue weighted by Crippen LogP contribution is -2.40. The lowest BCUT2D eigenvalue weighted by Gasteiger charge is -2.31. The predicted octanol–water partition coefficient (Wildman–Crippen LogP) is 3.06. The van der Waals surface area contributed by atoms with Gasteiger partial charge < -0.3 is 20.1 Å². The van der Waals surface area contributed by atoms with E-state index in [-0.39, 0.29) is 6.10 Å². The number of hydrogen-bond acceptors (Lipinski definition) is 5. The molecule has 0 aliphatic carbocycles. The molecule has 1 aliphatic rings. The molecule has 2 N–H and O–H groups in total. The molecule has 3 rings (SSSR count). The van der Waals surface area contributed by atoms with Gasteiger partial charge in [0.1, 0.15) is 11.3 Å². The summed E-state index contributed by atoms with van der Waals surface area (Å²) in [6.07, 6.45) is 2.07. The average Bonchev–Trinajstić information content (AvgIpc) is 2.61. The van der Waals surface area contributed by atoms with Crippen LogP contribution in [0.1, 0.15) is 25.5 Å². The van der Waals surface area contributed by atoms with Crippen molar-refractivity contribution in [2.45, 2.75) is 32.8 Å². The number of hydrogen-bond donors (Lipinski definition) is 2. The summed E-state index contributed by atoms with van der Waals surface area (Å²) >= 11 is 0. The van der Waals surface area contributed by atoms with Crippen LogP contribution in [0.25, 0.3) is 10.9 Å². The van der Waals surface area contributed by atoms with Crippen molar-refractivity contribution in [3.8, 4) is 5.75 Å². The molecule has 0 amide bonds. The fourth-order valence-corrected chi connectivity index (χ4v) is 3.50. The number of anilines is 1. The SMILES string of the molecule is COc1cccc2c(NCC(O)CN3CCC(C)CC3)cc(C)nc12. The summed E-state index contributed by atoms with van der Waals surface area (Å²) in [7, 11) is 1.66. The van der Waals surface area contributed by atoms with E-state index in [2.05, 4.69) is 22.1 Å². The van der Waals surface area contributed by atoms with Crippen molar-refractivity contribution < 1.29 is 9.84 Å². The number of ether oxygens (including phenoxy) is 1. The number of aliphatic hydroxyl groups excluding tert-OH is 1. The van der Waals surface area contributed by atoms with Crippen molar-refractivity contribution >= 4 is 16.6 Å². The molecule has 1 saturated heterocycles. The topological polar surface area (TPSA) is 57.6 Å². The Labute approximate surface area is 150 Å². The standard InChI is InChI=1S/C20H29N3O2/c1-14-7-9-23(10-8-14)13-16(24)12-21-18-11-15(2)22-20-17(18)5-4-6-19(20)25-3/h4-6,11,14,16,24H,7-10,12-13H2,1-3H3,(H,21,22). The molecule has 1 aromatic carbocycles. The number of benzene rings is 1. The van der Waals surface area contributed by atoms with Crippen molar-refractivity contribution in [3.05, 3.63) is 30.0 Å². The van der Waals surface area contributed by atoms with Crippen LogP contribution in [0.5, 0.6) is 5.75 Å². The fraction of sp³-hybridized carbons (Fsp3) is 0.550. The van der Waals surface area contributed by atoms with Crippen LogP contribution in [0, 0.1) is 12.8 Å². The zero-order chi connectivity index (χ0) is 17.8. The highest BCUT2D eigenvalue weighted by atomic mass is 16.5. The van der Waals surface area contributed by atoms with Gasteiger partial charge >= 0.3 is 0 Å². The Morgan fingerprint density at radius 1 is 1.36 bits per heavy atom. The van der Waals surface area contributed by atoms with Crippen LogP contribution in [-0.2, 0) is 0 Å². The number of nitrogens with zero attached hydrogens (tertiary/aromatic N) is 2. The molecule has 0 spiro atoms. The Balaban J connectivity index is 1.66. The van der Waals surface area contributed by atoms with Crippen molar-refractivity contribution in [2.75, 3.05) is 38.6 Å². The minimum absolute atomic E-state index is 0.387. The van der Waals surface area contributed by atoms with Crippen molar-refractivity contribution in [3.63, 3.8) is 0 Å². The highest BCUT2D eigenvalue weighted by molar-refractivity contribution is 5.95. The van der Waals surface area contributed by atoms with Gasteiger partial charge in [0.05, 0.1) is 13.2 Å². The number of pyridine rings is 1. The van der Waals surface area contributed by atoms with Gasteiger partial charge in [-0.1, -0.05) is 19.1 Å². The number of methoxy groups -OCH3 is 1. The van der Waals surface area contributed by atoms with Crippen LogP contribution in [0.4, 0.5) is 5.69 Å². The first kappa shape index (κ1) is 18.0. The third-order valence-electron chi connectivity index (χ3n) is 5.02. The fourth-order valence-electron chi connectivity index (χ4n) is 3.50. The Kier molecular flexibility index (Phi) is 5.76. The maximum absolute atomic E-state index is 10.4. The quantitative estimate of drug-likeness (QED) is 0.844. The van der Waals surface area contributed by atoms with E-state index in [0.29, 0.717) is 6.54 Å². The van der Waals surface area contributed by atoms with Gasteiger partial charge in [-0.25, -0.2) is 4.98 Å². The molecule has 2 heterocycles. The van der Waals surface area contributed by atoms with E-state index in [9.17, 15) is 5.11 Å². The molecule has 1 atom stereocenters. The number of fused-ring (bicyclic) bond motifs is 1. The molecule has 1 unspecified atom stereocenters. The minimum atomic E-state index is -0.387. The number of β-amino-alcohol motifs (C(OH)–C–C–N with tert-alkyl or cyclic N) is 1. The number of nitrogens with one attached hydrogen (secondary N) is 1. The number of aromatic nitrogens is 1. The highest BCUT2D eigenvalue weighted by Gasteiger charge is 2.18.